The molecular weight excluding hydrogens is 397 g/mol. The normalized spacial score (nSPS) is 10.8. The van der Waals surface area contributed by atoms with E-state index < -0.39 is 0 Å². The standard InChI is InChI=1S/C19H22Cl3NO3/c1-2-25-18-9-13(11-23-7-4-8-24)17(22)10-19(18)26-12-14-15(20)5-3-6-16(14)21/h3,5-6,9-10,23-24H,2,4,7-8,11-12H2,1H3. The molecule has 142 valence electrons. The minimum Gasteiger partial charge on any atom is -0.490 e. The van der Waals surface area contributed by atoms with Gasteiger partial charge in [0.1, 0.15) is 6.61 Å². The lowest BCUT2D eigenvalue weighted by molar-refractivity contribution is 0.269. The lowest BCUT2D eigenvalue weighted by Gasteiger charge is -2.16. The van der Waals surface area contributed by atoms with Gasteiger partial charge in [-0.1, -0.05) is 40.9 Å². The molecule has 0 aliphatic carbocycles. The number of benzene rings is 2. The predicted molar refractivity (Wildman–Crippen MR) is 107 cm³/mol. The maximum Gasteiger partial charge on any atom is 0.163 e. The molecule has 2 N–H and O–H groups in total. The van der Waals surface area contributed by atoms with Crippen molar-refractivity contribution in [2.75, 3.05) is 19.8 Å². The van der Waals surface area contributed by atoms with Crippen molar-refractivity contribution in [1.82, 2.24) is 5.32 Å². The first kappa shape index (κ1) is 21.1. The van der Waals surface area contributed by atoms with Gasteiger partial charge < -0.3 is 19.9 Å². The molecule has 0 saturated carbocycles. The topological polar surface area (TPSA) is 50.7 Å². The second-order valence-electron chi connectivity index (χ2n) is 5.57. The summed E-state index contributed by atoms with van der Waals surface area (Å²) in [6.07, 6.45) is 0.690. The van der Waals surface area contributed by atoms with Crippen molar-refractivity contribution >= 4 is 34.8 Å². The molecule has 0 fully saturated rings. The molecule has 0 amide bonds. The van der Waals surface area contributed by atoms with Gasteiger partial charge in [-0.05, 0) is 43.7 Å². The van der Waals surface area contributed by atoms with Crippen LogP contribution in [-0.4, -0.2) is 24.9 Å². The van der Waals surface area contributed by atoms with E-state index in [0.717, 1.165) is 5.56 Å². The van der Waals surface area contributed by atoms with Crippen molar-refractivity contribution < 1.29 is 14.6 Å². The molecule has 2 rings (SSSR count). The average molecular weight is 419 g/mol. The van der Waals surface area contributed by atoms with Crippen LogP contribution < -0.4 is 14.8 Å². The van der Waals surface area contributed by atoms with Gasteiger partial charge in [0.05, 0.1) is 6.61 Å². The molecule has 26 heavy (non-hydrogen) atoms. The Labute approximate surface area is 169 Å². The molecule has 2 aromatic carbocycles. The fourth-order valence-corrected chi connectivity index (χ4v) is 3.07. The minimum absolute atomic E-state index is 0.155. The van der Waals surface area contributed by atoms with Crippen LogP contribution in [0.25, 0.3) is 0 Å². The van der Waals surface area contributed by atoms with Crippen molar-refractivity contribution in [3.8, 4) is 11.5 Å². The summed E-state index contributed by atoms with van der Waals surface area (Å²) in [7, 11) is 0. The van der Waals surface area contributed by atoms with Gasteiger partial charge >= 0.3 is 0 Å². The number of nitrogens with one attached hydrogen (secondary N) is 1. The lowest BCUT2D eigenvalue weighted by Crippen LogP contribution is -2.16. The van der Waals surface area contributed by atoms with Crippen molar-refractivity contribution in [2.24, 2.45) is 0 Å². The van der Waals surface area contributed by atoms with Crippen molar-refractivity contribution in [3.63, 3.8) is 0 Å². The van der Waals surface area contributed by atoms with Gasteiger partial charge in [0.15, 0.2) is 11.5 Å². The molecular formula is C19H22Cl3NO3. The third-order valence-corrected chi connectivity index (χ3v) is 4.73. The summed E-state index contributed by atoms with van der Waals surface area (Å²) in [6, 6.07) is 8.92. The predicted octanol–water partition coefficient (Wildman–Crippen LogP) is 5.10. The number of aliphatic hydroxyl groups excluding tert-OH is 1. The Bertz CT molecular complexity index is 705. The first-order chi connectivity index (χ1) is 12.6. The van der Waals surface area contributed by atoms with Gasteiger partial charge in [-0.15, -0.1) is 0 Å². The number of hydrogen-bond donors (Lipinski definition) is 2. The van der Waals surface area contributed by atoms with Gasteiger partial charge in [0.2, 0.25) is 0 Å². The molecule has 0 saturated heterocycles. The molecule has 0 radical (unpaired) electrons. The quantitative estimate of drug-likeness (QED) is 0.527. The summed E-state index contributed by atoms with van der Waals surface area (Å²) in [5.41, 5.74) is 1.61. The van der Waals surface area contributed by atoms with E-state index in [-0.39, 0.29) is 13.2 Å². The van der Waals surface area contributed by atoms with Crippen molar-refractivity contribution in [3.05, 3.63) is 56.5 Å². The summed E-state index contributed by atoms with van der Waals surface area (Å²) < 4.78 is 11.6. The van der Waals surface area contributed by atoms with E-state index >= 15 is 0 Å². The summed E-state index contributed by atoms with van der Waals surface area (Å²) in [6.45, 7) is 4.06. The second kappa shape index (κ2) is 10.9. The van der Waals surface area contributed by atoms with Crippen LogP contribution in [0.5, 0.6) is 11.5 Å². The maximum absolute atomic E-state index is 8.84. The van der Waals surface area contributed by atoms with E-state index in [0.29, 0.717) is 58.2 Å². The van der Waals surface area contributed by atoms with Crippen LogP contribution in [0.2, 0.25) is 15.1 Å². The third-order valence-electron chi connectivity index (χ3n) is 3.67. The molecule has 0 aromatic heterocycles. The van der Waals surface area contributed by atoms with Gasteiger partial charge in [-0.2, -0.15) is 0 Å². The Kier molecular flexibility index (Phi) is 8.82. The fraction of sp³-hybridized carbons (Fsp3) is 0.368. The van der Waals surface area contributed by atoms with E-state index in [2.05, 4.69) is 5.32 Å². The zero-order chi connectivity index (χ0) is 18.9. The van der Waals surface area contributed by atoms with Crippen LogP contribution in [-0.2, 0) is 13.2 Å². The van der Waals surface area contributed by atoms with Crippen molar-refractivity contribution in [1.29, 1.82) is 0 Å². The zero-order valence-electron chi connectivity index (χ0n) is 14.5. The monoisotopic (exact) mass is 417 g/mol. The Morgan fingerprint density at radius 3 is 2.35 bits per heavy atom. The van der Waals surface area contributed by atoms with Crippen molar-refractivity contribution in [2.45, 2.75) is 26.5 Å². The molecule has 0 atom stereocenters. The Morgan fingerprint density at radius 1 is 1.00 bits per heavy atom. The lowest BCUT2D eigenvalue weighted by atomic mass is 10.2. The van der Waals surface area contributed by atoms with Crippen LogP contribution in [0, 0.1) is 0 Å². The van der Waals surface area contributed by atoms with E-state index in [9.17, 15) is 0 Å². The van der Waals surface area contributed by atoms with Crippen LogP contribution in [0.15, 0.2) is 30.3 Å². The molecule has 4 nitrogen and oxygen atoms in total. The molecule has 0 aliphatic rings. The molecule has 0 bridgehead atoms. The smallest absolute Gasteiger partial charge is 0.163 e. The molecule has 0 heterocycles. The highest BCUT2D eigenvalue weighted by atomic mass is 35.5. The molecule has 2 aromatic rings. The highest BCUT2D eigenvalue weighted by Gasteiger charge is 2.13. The largest absolute Gasteiger partial charge is 0.490 e. The third kappa shape index (κ3) is 5.93. The number of hydrogen-bond acceptors (Lipinski definition) is 4. The van der Waals surface area contributed by atoms with Crippen LogP contribution in [0.3, 0.4) is 0 Å². The number of halogens is 3. The zero-order valence-corrected chi connectivity index (χ0v) is 16.8. The number of aliphatic hydroxyl groups is 1. The highest BCUT2D eigenvalue weighted by Crippen LogP contribution is 2.35. The Morgan fingerprint density at radius 2 is 1.69 bits per heavy atom. The summed E-state index contributed by atoms with van der Waals surface area (Å²) in [5, 5.41) is 13.7. The molecule has 0 spiro atoms. The maximum atomic E-state index is 8.84. The summed E-state index contributed by atoms with van der Waals surface area (Å²) in [4.78, 5) is 0. The molecule has 0 unspecified atom stereocenters. The van der Waals surface area contributed by atoms with Gasteiger partial charge in [-0.25, -0.2) is 0 Å². The number of ether oxygens (including phenoxy) is 2. The SMILES string of the molecule is CCOc1cc(CNCCCO)c(Cl)cc1OCc1c(Cl)cccc1Cl. The summed E-state index contributed by atoms with van der Waals surface area (Å²) >= 11 is 18.8. The fourth-order valence-electron chi connectivity index (χ4n) is 2.34. The average Bonchev–Trinajstić information content (AvgIpc) is 2.61. The van der Waals surface area contributed by atoms with Gasteiger partial charge in [-0.3, -0.25) is 0 Å². The Balaban J connectivity index is 2.15. The van der Waals surface area contributed by atoms with Gasteiger partial charge in [0.25, 0.3) is 0 Å². The molecule has 7 heteroatoms. The van der Waals surface area contributed by atoms with Crippen LogP contribution in [0.1, 0.15) is 24.5 Å². The van der Waals surface area contributed by atoms with E-state index in [1.165, 1.54) is 0 Å². The summed E-state index contributed by atoms with van der Waals surface area (Å²) in [5.74, 6) is 1.14. The number of rotatable bonds is 10. The van der Waals surface area contributed by atoms with E-state index in [4.69, 9.17) is 49.4 Å². The highest BCUT2D eigenvalue weighted by molar-refractivity contribution is 6.36. The minimum atomic E-state index is 0.155. The molecule has 0 aliphatic heterocycles. The van der Waals surface area contributed by atoms with Crippen LogP contribution in [0.4, 0.5) is 0 Å². The van der Waals surface area contributed by atoms with E-state index in [1.807, 2.05) is 13.0 Å². The second-order valence-corrected chi connectivity index (χ2v) is 6.79. The Hall–Kier alpha value is -1.17. The van der Waals surface area contributed by atoms with Crippen LogP contribution >= 0.6 is 34.8 Å². The first-order valence-electron chi connectivity index (χ1n) is 8.39. The van der Waals surface area contributed by atoms with Gasteiger partial charge in [0, 0.05) is 39.8 Å². The van der Waals surface area contributed by atoms with E-state index in [1.54, 1.807) is 24.3 Å². The first-order valence-corrected chi connectivity index (χ1v) is 9.52.